The fourth-order valence-electron chi connectivity index (χ4n) is 3.66. The summed E-state index contributed by atoms with van der Waals surface area (Å²) in [5, 5.41) is 8.19. The number of benzene rings is 1. The van der Waals surface area contributed by atoms with Crippen molar-refractivity contribution in [3.63, 3.8) is 0 Å². The van der Waals surface area contributed by atoms with Crippen LogP contribution < -0.4 is 16.8 Å². The molecule has 146 valence electrons. The lowest BCUT2D eigenvalue weighted by Gasteiger charge is -2.18. The predicted molar refractivity (Wildman–Crippen MR) is 111 cm³/mol. The highest BCUT2D eigenvalue weighted by atomic mass is 35.5. The third-order valence-corrected chi connectivity index (χ3v) is 5.35. The highest BCUT2D eigenvalue weighted by molar-refractivity contribution is 6.33. The average molecular weight is 401 g/mol. The Kier molecular flexibility index (Phi) is 4.95. The Morgan fingerprint density at radius 1 is 1.39 bits per heavy atom. The zero-order valence-electron chi connectivity index (χ0n) is 15.5. The number of halogens is 2. The topological polar surface area (TPSA) is 93.7 Å². The summed E-state index contributed by atoms with van der Waals surface area (Å²) in [4.78, 5) is 4.27. The Bertz CT molecular complexity index is 1040. The van der Waals surface area contributed by atoms with Crippen LogP contribution in [-0.4, -0.2) is 27.5 Å². The number of nitrogens with two attached hydrogens (primary N) is 2. The summed E-state index contributed by atoms with van der Waals surface area (Å²) in [5.41, 5.74) is 15.7. The molecule has 1 aliphatic carbocycles. The Labute approximate surface area is 167 Å². The highest BCUT2D eigenvalue weighted by Crippen LogP contribution is 2.31. The molecule has 0 bridgehead atoms. The van der Waals surface area contributed by atoms with Gasteiger partial charge in [-0.2, -0.15) is 5.10 Å². The monoisotopic (exact) mass is 400 g/mol. The lowest BCUT2D eigenvalue weighted by molar-refractivity contribution is 0.630. The first-order chi connectivity index (χ1) is 13.4. The van der Waals surface area contributed by atoms with Gasteiger partial charge in [0.25, 0.3) is 0 Å². The lowest BCUT2D eigenvalue weighted by atomic mass is 10.1. The summed E-state index contributed by atoms with van der Waals surface area (Å²) < 4.78 is 15.9. The van der Waals surface area contributed by atoms with Gasteiger partial charge in [-0.15, -0.1) is 0 Å². The van der Waals surface area contributed by atoms with Crippen LogP contribution in [0, 0.1) is 12.7 Å². The molecule has 1 aromatic carbocycles. The molecule has 28 heavy (non-hydrogen) atoms. The Hall–Kier alpha value is -2.64. The van der Waals surface area contributed by atoms with Gasteiger partial charge in [-0.25, -0.2) is 13.9 Å². The molecule has 2 atom stereocenters. The van der Waals surface area contributed by atoms with Crippen molar-refractivity contribution in [3.05, 3.63) is 58.6 Å². The van der Waals surface area contributed by atoms with Crippen LogP contribution in [0.2, 0.25) is 5.02 Å². The van der Waals surface area contributed by atoms with Gasteiger partial charge in [0.05, 0.1) is 28.0 Å². The van der Waals surface area contributed by atoms with Gasteiger partial charge >= 0.3 is 0 Å². The molecule has 0 aliphatic heterocycles. The van der Waals surface area contributed by atoms with Crippen LogP contribution in [0.5, 0.6) is 0 Å². The number of para-hydroxylation sites is 1. The summed E-state index contributed by atoms with van der Waals surface area (Å²) >= 11 is 6.10. The van der Waals surface area contributed by atoms with Crippen LogP contribution in [0.1, 0.15) is 30.4 Å². The zero-order chi connectivity index (χ0) is 19.8. The molecule has 5 N–H and O–H groups in total. The first kappa shape index (κ1) is 18.7. The minimum atomic E-state index is -0.528. The molecule has 3 aromatic rings. The smallest absolute Gasteiger partial charge is 0.150 e. The number of aliphatic imine (C=N–C) groups is 1. The van der Waals surface area contributed by atoms with Crippen LogP contribution in [0.15, 0.2) is 41.7 Å². The number of amidine groups is 1. The molecule has 0 amide bonds. The second-order valence-corrected chi connectivity index (χ2v) is 7.67. The first-order valence-electron chi connectivity index (χ1n) is 9.21. The third kappa shape index (κ3) is 3.55. The van der Waals surface area contributed by atoms with E-state index in [2.05, 4.69) is 15.4 Å². The van der Waals surface area contributed by atoms with Crippen molar-refractivity contribution in [1.82, 2.24) is 9.61 Å². The van der Waals surface area contributed by atoms with E-state index in [1.807, 2.05) is 19.2 Å². The molecule has 4 rings (SSSR count). The molecule has 1 saturated carbocycles. The summed E-state index contributed by atoms with van der Waals surface area (Å²) in [6.07, 6.45) is 6.40. The summed E-state index contributed by atoms with van der Waals surface area (Å²) in [5.74, 6) is -0.384. The van der Waals surface area contributed by atoms with Crippen LogP contribution in [0.25, 0.3) is 5.52 Å². The van der Waals surface area contributed by atoms with Crippen molar-refractivity contribution in [2.24, 2.45) is 16.5 Å². The van der Waals surface area contributed by atoms with E-state index in [0.29, 0.717) is 5.56 Å². The lowest BCUT2D eigenvalue weighted by Crippen LogP contribution is -2.24. The van der Waals surface area contributed by atoms with Crippen molar-refractivity contribution in [1.29, 1.82) is 0 Å². The zero-order valence-corrected chi connectivity index (χ0v) is 16.2. The van der Waals surface area contributed by atoms with E-state index < -0.39 is 5.82 Å². The Balaban J connectivity index is 1.81. The van der Waals surface area contributed by atoms with Crippen molar-refractivity contribution in [2.45, 2.75) is 38.3 Å². The van der Waals surface area contributed by atoms with Crippen LogP contribution in [0.4, 0.5) is 15.8 Å². The summed E-state index contributed by atoms with van der Waals surface area (Å²) in [6.45, 7) is 2.00. The van der Waals surface area contributed by atoms with E-state index >= 15 is 0 Å². The summed E-state index contributed by atoms with van der Waals surface area (Å²) in [7, 11) is 0. The molecular weight excluding hydrogens is 379 g/mol. The van der Waals surface area contributed by atoms with Gasteiger partial charge in [-0.05, 0) is 49.9 Å². The van der Waals surface area contributed by atoms with Crippen LogP contribution in [0.3, 0.4) is 0 Å². The van der Waals surface area contributed by atoms with Crippen molar-refractivity contribution >= 4 is 34.3 Å². The molecule has 2 aromatic heterocycles. The number of anilines is 1. The number of nitrogens with zero attached hydrogens (tertiary/aromatic N) is 3. The second-order valence-electron chi connectivity index (χ2n) is 7.26. The minimum absolute atomic E-state index is 0.0157. The molecule has 2 heterocycles. The third-order valence-electron chi connectivity index (χ3n) is 5.04. The van der Waals surface area contributed by atoms with Crippen LogP contribution >= 0.6 is 11.6 Å². The maximum atomic E-state index is 14.2. The standard InChI is InChI=1S/C20H22ClFN6/c1-11-7-17-18(26-13-6-5-12(23)8-13)14(9-25-28(17)10-11)20(24)27-19-15(21)3-2-4-16(19)22/h2-4,7,9-10,12-13,26H,5-6,8,23H2,1H3,(H2,24,27). The van der Waals surface area contributed by atoms with Gasteiger partial charge in [-0.3, -0.25) is 0 Å². The van der Waals surface area contributed by atoms with E-state index in [0.717, 1.165) is 36.0 Å². The SMILES string of the molecule is Cc1cc2c(NC3CCC(N)C3)c(C(N)=Nc3c(F)cccc3Cl)cnn2c1. The number of rotatable bonds is 4. The summed E-state index contributed by atoms with van der Waals surface area (Å²) in [6, 6.07) is 6.86. The number of aromatic nitrogens is 2. The Morgan fingerprint density at radius 3 is 2.93 bits per heavy atom. The van der Waals surface area contributed by atoms with Crippen LogP contribution in [-0.2, 0) is 0 Å². The largest absolute Gasteiger partial charge is 0.383 e. The fraction of sp³-hybridized carbons (Fsp3) is 0.300. The van der Waals surface area contributed by atoms with E-state index in [9.17, 15) is 4.39 Å². The highest BCUT2D eigenvalue weighted by Gasteiger charge is 2.24. The molecule has 8 heteroatoms. The van der Waals surface area contributed by atoms with Crippen molar-refractivity contribution in [3.8, 4) is 0 Å². The molecular formula is C20H22ClFN6. The minimum Gasteiger partial charge on any atom is -0.383 e. The number of hydrogen-bond donors (Lipinski definition) is 3. The van der Waals surface area contributed by atoms with E-state index in [1.165, 1.54) is 12.1 Å². The van der Waals surface area contributed by atoms with E-state index in [4.69, 9.17) is 23.1 Å². The van der Waals surface area contributed by atoms with Gasteiger partial charge < -0.3 is 16.8 Å². The van der Waals surface area contributed by atoms with Gasteiger partial charge in [0, 0.05) is 18.3 Å². The van der Waals surface area contributed by atoms with Crippen molar-refractivity contribution < 1.29 is 4.39 Å². The first-order valence-corrected chi connectivity index (χ1v) is 9.59. The molecule has 1 aliphatic rings. The molecule has 0 radical (unpaired) electrons. The number of aryl methyl sites for hydroxylation is 1. The van der Waals surface area contributed by atoms with Gasteiger partial charge in [0.15, 0.2) is 0 Å². The maximum absolute atomic E-state index is 14.2. The van der Waals surface area contributed by atoms with E-state index in [1.54, 1.807) is 16.8 Å². The number of fused-ring (bicyclic) bond motifs is 1. The van der Waals surface area contributed by atoms with Crippen molar-refractivity contribution in [2.75, 3.05) is 5.32 Å². The number of nitrogens with one attached hydrogen (secondary N) is 1. The number of hydrogen-bond acceptors (Lipinski definition) is 4. The molecule has 6 nitrogen and oxygen atoms in total. The predicted octanol–water partition coefficient (Wildman–Crippen LogP) is 3.76. The quantitative estimate of drug-likeness (QED) is 0.459. The molecule has 2 unspecified atom stereocenters. The average Bonchev–Trinajstić information content (AvgIpc) is 3.23. The van der Waals surface area contributed by atoms with Gasteiger partial charge in [0.2, 0.25) is 0 Å². The molecule has 0 spiro atoms. The van der Waals surface area contributed by atoms with E-state index in [-0.39, 0.29) is 28.6 Å². The Morgan fingerprint density at radius 2 is 2.21 bits per heavy atom. The van der Waals surface area contributed by atoms with Gasteiger partial charge in [-0.1, -0.05) is 17.7 Å². The molecule has 0 saturated heterocycles. The normalized spacial score (nSPS) is 20.1. The fourth-order valence-corrected chi connectivity index (χ4v) is 3.87. The molecule has 1 fully saturated rings. The maximum Gasteiger partial charge on any atom is 0.150 e. The van der Waals surface area contributed by atoms with Gasteiger partial charge in [0.1, 0.15) is 17.3 Å². The second kappa shape index (κ2) is 7.41.